The van der Waals surface area contributed by atoms with Gasteiger partial charge in [-0.2, -0.15) is 0 Å². The molecule has 104 valence electrons. The summed E-state index contributed by atoms with van der Waals surface area (Å²) in [7, 11) is 1.24. The molecule has 0 aromatic carbocycles. The van der Waals surface area contributed by atoms with Crippen molar-refractivity contribution in [2.24, 2.45) is 0 Å². The predicted molar refractivity (Wildman–Crippen MR) is 64.8 cm³/mol. The van der Waals surface area contributed by atoms with Crippen LogP contribution >= 0.6 is 11.8 Å². The van der Waals surface area contributed by atoms with Gasteiger partial charge in [0.1, 0.15) is 6.54 Å². The van der Waals surface area contributed by atoms with Crippen LogP contribution in [0.4, 0.5) is 5.69 Å². The van der Waals surface area contributed by atoms with Gasteiger partial charge in [-0.3, -0.25) is 14.9 Å². The van der Waals surface area contributed by atoms with E-state index in [9.17, 15) is 14.9 Å². The first-order valence-electron chi connectivity index (χ1n) is 5.22. The largest absolute Gasteiger partial charge is 0.468 e. The number of hydrogen-bond donors (Lipinski definition) is 0. The number of pyridine rings is 1. The molecule has 0 aliphatic rings. The van der Waals surface area contributed by atoms with E-state index in [1.807, 2.05) is 0 Å². The lowest BCUT2D eigenvalue weighted by Crippen LogP contribution is -2.13. The number of ether oxygens (including phenoxy) is 1. The molecule has 0 N–H and O–H groups in total. The zero-order chi connectivity index (χ0) is 14.5. The van der Waals surface area contributed by atoms with Gasteiger partial charge in [0.2, 0.25) is 5.16 Å². The van der Waals surface area contributed by atoms with Crippen molar-refractivity contribution in [2.75, 3.05) is 7.11 Å². The Morgan fingerprint density at radius 3 is 3.10 bits per heavy atom. The molecule has 0 aliphatic heterocycles. The molecule has 2 aromatic heterocycles. The molecule has 11 heteroatoms. The highest BCUT2D eigenvalue weighted by atomic mass is 32.2. The fourth-order valence-corrected chi connectivity index (χ4v) is 2.06. The van der Waals surface area contributed by atoms with E-state index >= 15 is 0 Å². The predicted octanol–water partition coefficient (Wildman–Crippen LogP) is 0.300. The van der Waals surface area contributed by atoms with Gasteiger partial charge in [-0.1, -0.05) is 0 Å². The number of carbonyl (C=O) groups excluding carboxylic acids is 1. The van der Waals surface area contributed by atoms with E-state index in [-0.39, 0.29) is 22.4 Å². The van der Waals surface area contributed by atoms with Crippen LogP contribution < -0.4 is 0 Å². The molecule has 10 nitrogen and oxygen atoms in total. The van der Waals surface area contributed by atoms with Gasteiger partial charge in [-0.05, 0) is 28.3 Å². The lowest BCUT2D eigenvalue weighted by molar-refractivity contribution is -0.388. The third kappa shape index (κ3) is 3.06. The number of nitrogens with zero attached hydrogens (tertiary/aromatic N) is 6. The Bertz CT molecular complexity index is 645. The Morgan fingerprint density at radius 1 is 1.60 bits per heavy atom. The molecule has 0 unspecified atom stereocenters. The average molecular weight is 296 g/mol. The average Bonchev–Trinajstić information content (AvgIpc) is 2.86. The molecular formula is C9H8N6O4S. The maximum absolute atomic E-state index is 11.2. The minimum Gasteiger partial charge on any atom is -0.468 e. The molecule has 0 atom stereocenters. The monoisotopic (exact) mass is 296 g/mol. The van der Waals surface area contributed by atoms with Crippen molar-refractivity contribution in [3.8, 4) is 0 Å². The van der Waals surface area contributed by atoms with Gasteiger partial charge in [0.25, 0.3) is 0 Å². The molecule has 0 amide bonds. The van der Waals surface area contributed by atoms with Gasteiger partial charge in [0.05, 0.1) is 12.0 Å². The smallest absolute Gasteiger partial charge is 0.327 e. The maximum atomic E-state index is 11.2. The Kier molecular flexibility index (Phi) is 4.20. The number of tetrazole rings is 1. The molecule has 2 aromatic rings. The summed E-state index contributed by atoms with van der Waals surface area (Å²) in [6, 6.07) is 2.78. The van der Waals surface area contributed by atoms with Crippen LogP contribution in [0.1, 0.15) is 0 Å². The minimum atomic E-state index is -0.552. The van der Waals surface area contributed by atoms with Crippen LogP contribution in [-0.4, -0.2) is 43.2 Å². The molecular weight excluding hydrogens is 288 g/mol. The normalized spacial score (nSPS) is 10.2. The van der Waals surface area contributed by atoms with Crippen LogP contribution in [-0.2, 0) is 16.1 Å². The Labute approximate surface area is 116 Å². The van der Waals surface area contributed by atoms with Crippen molar-refractivity contribution in [2.45, 2.75) is 16.7 Å². The number of hydrogen-bond acceptors (Lipinski definition) is 9. The van der Waals surface area contributed by atoms with E-state index < -0.39 is 10.9 Å². The van der Waals surface area contributed by atoms with Gasteiger partial charge in [0, 0.05) is 12.3 Å². The molecule has 0 saturated heterocycles. The minimum absolute atomic E-state index is 0.137. The summed E-state index contributed by atoms with van der Waals surface area (Å²) in [5.41, 5.74) is -0.162. The highest BCUT2D eigenvalue weighted by molar-refractivity contribution is 7.99. The van der Waals surface area contributed by atoms with Crippen LogP contribution in [0.15, 0.2) is 28.5 Å². The number of carbonyl (C=O) groups is 1. The SMILES string of the molecule is COC(=O)Cn1nnnc1Sc1ncccc1[N+](=O)[O-]. The summed E-state index contributed by atoms with van der Waals surface area (Å²) in [5, 5.41) is 21.9. The second-order valence-electron chi connectivity index (χ2n) is 3.38. The van der Waals surface area contributed by atoms with Gasteiger partial charge in [-0.15, -0.1) is 5.10 Å². The Balaban J connectivity index is 2.25. The molecule has 2 heterocycles. The topological polar surface area (TPSA) is 126 Å². The Hall–Kier alpha value is -2.56. The lowest BCUT2D eigenvalue weighted by Gasteiger charge is -2.02. The molecule has 0 aliphatic carbocycles. The number of rotatable bonds is 5. The number of aromatic nitrogens is 5. The highest BCUT2D eigenvalue weighted by Crippen LogP contribution is 2.30. The van der Waals surface area contributed by atoms with Crippen molar-refractivity contribution in [1.29, 1.82) is 0 Å². The van der Waals surface area contributed by atoms with Crippen molar-refractivity contribution in [3.63, 3.8) is 0 Å². The molecule has 0 bridgehead atoms. The number of methoxy groups -OCH3 is 1. The molecule has 0 saturated carbocycles. The maximum Gasteiger partial charge on any atom is 0.327 e. The number of esters is 1. The summed E-state index contributed by atoms with van der Waals surface area (Å²) in [6.07, 6.45) is 1.42. The molecule has 2 rings (SSSR count). The fraction of sp³-hybridized carbons (Fsp3) is 0.222. The van der Waals surface area contributed by atoms with E-state index in [4.69, 9.17) is 0 Å². The zero-order valence-corrected chi connectivity index (χ0v) is 11.0. The van der Waals surface area contributed by atoms with E-state index in [0.717, 1.165) is 11.8 Å². The highest BCUT2D eigenvalue weighted by Gasteiger charge is 2.19. The van der Waals surface area contributed by atoms with Crippen LogP contribution in [0.25, 0.3) is 0 Å². The van der Waals surface area contributed by atoms with Crippen LogP contribution in [0.2, 0.25) is 0 Å². The van der Waals surface area contributed by atoms with Crippen molar-refractivity contribution in [3.05, 3.63) is 28.4 Å². The molecule has 0 spiro atoms. The Morgan fingerprint density at radius 2 is 2.40 bits per heavy atom. The zero-order valence-electron chi connectivity index (χ0n) is 10.2. The van der Waals surface area contributed by atoms with Crippen LogP contribution in [0.3, 0.4) is 0 Å². The summed E-state index contributed by atoms with van der Waals surface area (Å²) in [6.45, 7) is -0.188. The van der Waals surface area contributed by atoms with Crippen molar-refractivity contribution in [1.82, 2.24) is 25.2 Å². The van der Waals surface area contributed by atoms with E-state index in [2.05, 4.69) is 25.2 Å². The third-order valence-corrected chi connectivity index (χ3v) is 3.12. The van der Waals surface area contributed by atoms with E-state index in [1.54, 1.807) is 0 Å². The summed E-state index contributed by atoms with van der Waals surface area (Å²) >= 11 is 0.895. The van der Waals surface area contributed by atoms with Crippen LogP contribution in [0.5, 0.6) is 0 Å². The lowest BCUT2D eigenvalue weighted by atomic mass is 10.4. The van der Waals surface area contributed by atoms with Crippen LogP contribution in [0, 0.1) is 10.1 Å². The van der Waals surface area contributed by atoms with Gasteiger partial charge >= 0.3 is 11.7 Å². The van der Waals surface area contributed by atoms with Gasteiger partial charge < -0.3 is 4.74 Å². The standard InChI is InChI=1S/C9H8N6O4S/c1-19-7(16)5-14-9(11-12-13-14)20-8-6(15(17)18)3-2-4-10-8/h2-4H,5H2,1H3. The second-order valence-corrected chi connectivity index (χ2v) is 4.34. The molecule has 20 heavy (non-hydrogen) atoms. The van der Waals surface area contributed by atoms with Crippen molar-refractivity contribution >= 4 is 23.4 Å². The molecule has 0 fully saturated rings. The van der Waals surface area contributed by atoms with Crippen molar-refractivity contribution < 1.29 is 14.5 Å². The second kappa shape index (κ2) is 6.06. The fourth-order valence-electron chi connectivity index (χ4n) is 1.24. The van der Waals surface area contributed by atoms with Gasteiger partial charge in [-0.25, -0.2) is 9.67 Å². The van der Waals surface area contributed by atoms with E-state index in [1.165, 1.54) is 30.1 Å². The third-order valence-electron chi connectivity index (χ3n) is 2.14. The first-order valence-corrected chi connectivity index (χ1v) is 6.03. The summed E-state index contributed by atoms with van der Waals surface area (Å²) in [5.74, 6) is -0.533. The van der Waals surface area contributed by atoms with E-state index in [0.29, 0.717) is 0 Å². The summed E-state index contributed by atoms with van der Waals surface area (Å²) in [4.78, 5) is 25.4. The van der Waals surface area contributed by atoms with Gasteiger partial charge in [0.15, 0.2) is 5.03 Å². The summed E-state index contributed by atoms with van der Waals surface area (Å²) < 4.78 is 5.68. The first kappa shape index (κ1) is 13.9. The quantitative estimate of drug-likeness (QED) is 0.435. The first-order chi connectivity index (χ1) is 9.61. The number of nitro groups is 1. The molecule has 0 radical (unpaired) electrons.